The highest BCUT2D eigenvalue weighted by atomic mass is 32.2. The van der Waals surface area contributed by atoms with Crippen molar-refractivity contribution in [2.75, 3.05) is 18.9 Å². The van der Waals surface area contributed by atoms with Crippen LogP contribution in [0.15, 0.2) is 24.4 Å². The lowest BCUT2D eigenvalue weighted by Gasteiger charge is -2.23. The second-order valence-electron chi connectivity index (χ2n) is 5.23. The minimum Gasteiger partial charge on any atom is -0.396 e. The summed E-state index contributed by atoms with van der Waals surface area (Å²) in [7, 11) is 0. The van der Waals surface area contributed by atoms with E-state index in [1.807, 2.05) is 32.0 Å². The summed E-state index contributed by atoms with van der Waals surface area (Å²) >= 11 is 1.55. The van der Waals surface area contributed by atoms with Gasteiger partial charge in [-0.3, -0.25) is 9.78 Å². The van der Waals surface area contributed by atoms with E-state index >= 15 is 0 Å². The zero-order chi connectivity index (χ0) is 14.1. The number of aliphatic hydroxyl groups excluding tert-OH is 1. The number of aromatic nitrogens is 1. The Labute approximate surface area is 119 Å². The van der Waals surface area contributed by atoms with E-state index in [1.165, 1.54) is 0 Å². The number of hydrogen-bond acceptors (Lipinski definition) is 4. The number of amides is 1. The normalized spacial score (nSPS) is 11.3. The first kappa shape index (κ1) is 16.0. The van der Waals surface area contributed by atoms with Gasteiger partial charge in [0, 0.05) is 25.1 Å². The van der Waals surface area contributed by atoms with Crippen LogP contribution < -0.4 is 5.32 Å². The number of hydrogen-bond donors (Lipinski definition) is 2. The number of thioether (sulfide) groups is 1. The molecule has 0 aliphatic heterocycles. The average molecular weight is 282 g/mol. The van der Waals surface area contributed by atoms with Gasteiger partial charge in [-0.15, -0.1) is 11.8 Å². The van der Waals surface area contributed by atoms with E-state index in [1.54, 1.807) is 18.0 Å². The Morgan fingerprint density at radius 3 is 2.89 bits per heavy atom. The molecule has 19 heavy (non-hydrogen) atoms. The van der Waals surface area contributed by atoms with E-state index in [0.717, 1.165) is 11.4 Å². The van der Waals surface area contributed by atoms with Gasteiger partial charge in [-0.05, 0) is 24.0 Å². The fourth-order valence-corrected chi connectivity index (χ4v) is 2.28. The van der Waals surface area contributed by atoms with Crippen molar-refractivity contribution in [3.05, 3.63) is 30.1 Å². The van der Waals surface area contributed by atoms with E-state index in [4.69, 9.17) is 5.11 Å². The van der Waals surface area contributed by atoms with Crippen LogP contribution in [0.3, 0.4) is 0 Å². The molecular weight excluding hydrogens is 260 g/mol. The number of carbonyl (C=O) groups is 1. The molecule has 0 aromatic carbocycles. The van der Waals surface area contributed by atoms with Crippen LogP contribution >= 0.6 is 11.8 Å². The van der Waals surface area contributed by atoms with E-state index < -0.39 is 0 Å². The highest BCUT2D eigenvalue weighted by molar-refractivity contribution is 7.99. The van der Waals surface area contributed by atoms with Crippen LogP contribution in [0.4, 0.5) is 0 Å². The van der Waals surface area contributed by atoms with Gasteiger partial charge in [0.1, 0.15) is 0 Å². The molecule has 0 aliphatic carbocycles. The number of nitrogens with zero attached hydrogens (tertiary/aromatic N) is 1. The third-order valence-corrected chi connectivity index (χ3v) is 3.73. The lowest BCUT2D eigenvalue weighted by atomic mass is 9.90. The second kappa shape index (κ2) is 8.17. The molecule has 1 amide bonds. The quantitative estimate of drug-likeness (QED) is 0.764. The van der Waals surface area contributed by atoms with Gasteiger partial charge < -0.3 is 10.4 Å². The minimum absolute atomic E-state index is 0.0342. The van der Waals surface area contributed by atoms with Crippen molar-refractivity contribution in [2.24, 2.45) is 5.41 Å². The molecule has 0 bridgehead atoms. The van der Waals surface area contributed by atoms with Crippen LogP contribution in [0, 0.1) is 5.41 Å². The summed E-state index contributed by atoms with van der Waals surface area (Å²) in [4.78, 5) is 15.9. The minimum atomic E-state index is -0.0595. The van der Waals surface area contributed by atoms with Gasteiger partial charge in [0.05, 0.1) is 11.4 Å². The van der Waals surface area contributed by atoms with Gasteiger partial charge in [0.15, 0.2) is 0 Å². The number of nitrogens with one attached hydrogen (secondary N) is 1. The molecule has 1 aromatic heterocycles. The van der Waals surface area contributed by atoms with Crippen molar-refractivity contribution in [1.29, 1.82) is 0 Å². The van der Waals surface area contributed by atoms with Crippen LogP contribution in [0.2, 0.25) is 0 Å². The first-order valence-electron chi connectivity index (χ1n) is 6.39. The molecule has 0 aliphatic rings. The molecule has 0 saturated heterocycles. The molecule has 1 rings (SSSR count). The molecule has 106 valence electrons. The maximum absolute atomic E-state index is 11.7. The molecule has 0 saturated carbocycles. The van der Waals surface area contributed by atoms with E-state index in [9.17, 15) is 4.79 Å². The SMILES string of the molecule is CC(C)(CCO)CNC(=O)CSCc1ccccn1. The van der Waals surface area contributed by atoms with Crippen molar-refractivity contribution in [3.63, 3.8) is 0 Å². The third kappa shape index (κ3) is 7.18. The smallest absolute Gasteiger partial charge is 0.230 e. The van der Waals surface area contributed by atoms with Crippen LogP contribution in [-0.4, -0.2) is 34.9 Å². The first-order chi connectivity index (χ1) is 9.03. The summed E-state index contributed by atoms with van der Waals surface area (Å²) < 4.78 is 0. The van der Waals surface area contributed by atoms with Crippen LogP contribution in [0.5, 0.6) is 0 Å². The Morgan fingerprint density at radius 2 is 2.26 bits per heavy atom. The number of aliphatic hydroxyl groups is 1. The molecule has 0 spiro atoms. The summed E-state index contributed by atoms with van der Waals surface area (Å²) in [6, 6.07) is 5.78. The Bertz CT molecular complexity index is 382. The Kier molecular flexibility index (Phi) is 6.87. The summed E-state index contributed by atoms with van der Waals surface area (Å²) in [6.07, 6.45) is 2.45. The van der Waals surface area contributed by atoms with Crippen LogP contribution in [0.1, 0.15) is 26.0 Å². The highest BCUT2D eigenvalue weighted by Crippen LogP contribution is 2.18. The zero-order valence-electron chi connectivity index (χ0n) is 11.6. The molecule has 0 atom stereocenters. The monoisotopic (exact) mass is 282 g/mol. The molecule has 4 nitrogen and oxygen atoms in total. The maximum Gasteiger partial charge on any atom is 0.230 e. The second-order valence-corrected chi connectivity index (χ2v) is 6.21. The van der Waals surface area contributed by atoms with Gasteiger partial charge in [0.25, 0.3) is 0 Å². The Morgan fingerprint density at radius 1 is 1.47 bits per heavy atom. The van der Waals surface area contributed by atoms with Gasteiger partial charge in [-0.1, -0.05) is 19.9 Å². The van der Waals surface area contributed by atoms with Gasteiger partial charge in [-0.25, -0.2) is 0 Å². The van der Waals surface area contributed by atoms with Crippen molar-refractivity contribution in [2.45, 2.75) is 26.0 Å². The zero-order valence-corrected chi connectivity index (χ0v) is 12.4. The van der Waals surface area contributed by atoms with E-state index in [-0.39, 0.29) is 17.9 Å². The number of rotatable bonds is 8. The van der Waals surface area contributed by atoms with Crippen LogP contribution in [-0.2, 0) is 10.5 Å². The van der Waals surface area contributed by atoms with Crippen molar-refractivity contribution >= 4 is 17.7 Å². The molecule has 0 fully saturated rings. The first-order valence-corrected chi connectivity index (χ1v) is 7.54. The standard InChI is InChI=1S/C14H22N2O2S/c1-14(2,6-8-17)11-16-13(18)10-19-9-12-5-3-4-7-15-12/h3-5,7,17H,6,8-11H2,1-2H3,(H,16,18). The number of pyridine rings is 1. The molecule has 1 heterocycles. The Hall–Kier alpha value is -1.07. The van der Waals surface area contributed by atoms with Crippen molar-refractivity contribution in [1.82, 2.24) is 10.3 Å². The fraction of sp³-hybridized carbons (Fsp3) is 0.571. The fourth-order valence-electron chi connectivity index (χ4n) is 1.51. The van der Waals surface area contributed by atoms with Gasteiger partial charge >= 0.3 is 0 Å². The molecule has 2 N–H and O–H groups in total. The third-order valence-electron chi connectivity index (χ3n) is 2.76. The van der Waals surface area contributed by atoms with Gasteiger partial charge in [-0.2, -0.15) is 0 Å². The van der Waals surface area contributed by atoms with Crippen LogP contribution in [0.25, 0.3) is 0 Å². The highest BCUT2D eigenvalue weighted by Gasteiger charge is 2.17. The maximum atomic E-state index is 11.7. The van der Waals surface area contributed by atoms with Gasteiger partial charge in [0.2, 0.25) is 5.91 Å². The average Bonchev–Trinajstić information content (AvgIpc) is 2.38. The predicted octanol–water partition coefficient (Wildman–Crippen LogP) is 1.84. The van der Waals surface area contributed by atoms with Crippen molar-refractivity contribution < 1.29 is 9.90 Å². The molecule has 0 radical (unpaired) electrons. The topological polar surface area (TPSA) is 62.2 Å². The number of carbonyl (C=O) groups excluding carboxylic acids is 1. The molecular formula is C14H22N2O2S. The van der Waals surface area contributed by atoms with Crippen molar-refractivity contribution in [3.8, 4) is 0 Å². The largest absolute Gasteiger partial charge is 0.396 e. The summed E-state index contributed by atoms with van der Waals surface area (Å²) in [5.41, 5.74) is 0.927. The van der Waals surface area contributed by atoms with E-state index in [0.29, 0.717) is 18.7 Å². The molecule has 5 heteroatoms. The summed E-state index contributed by atoms with van der Waals surface area (Å²) in [6.45, 7) is 4.81. The lowest BCUT2D eigenvalue weighted by Crippen LogP contribution is -2.35. The van der Waals surface area contributed by atoms with E-state index in [2.05, 4.69) is 10.3 Å². The summed E-state index contributed by atoms with van der Waals surface area (Å²) in [5, 5.41) is 11.8. The predicted molar refractivity (Wildman–Crippen MR) is 78.9 cm³/mol. The Balaban J connectivity index is 2.18. The molecule has 0 unspecified atom stereocenters. The summed E-state index contributed by atoms with van der Waals surface area (Å²) in [5.74, 6) is 1.21. The lowest BCUT2D eigenvalue weighted by molar-refractivity contribution is -0.119. The molecule has 1 aromatic rings.